The zero-order valence-electron chi connectivity index (χ0n) is 17.3. The van der Waals surface area contributed by atoms with Gasteiger partial charge >= 0.3 is 0 Å². The second kappa shape index (κ2) is 5.76. The molecule has 3 nitrogen and oxygen atoms in total. The van der Waals surface area contributed by atoms with E-state index in [9.17, 15) is 5.11 Å². The maximum Gasteiger partial charge on any atom is 0.145 e. The van der Waals surface area contributed by atoms with Gasteiger partial charge in [0.05, 0.1) is 11.0 Å². The first-order valence-electron chi connectivity index (χ1n) is 10.3. The predicted octanol–water partition coefficient (Wildman–Crippen LogP) is 4.45. The highest BCUT2D eigenvalue weighted by Crippen LogP contribution is 2.51. The molecule has 1 aliphatic carbocycles. The first kappa shape index (κ1) is 17.3. The van der Waals surface area contributed by atoms with Crippen molar-refractivity contribution in [3.63, 3.8) is 0 Å². The highest BCUT2D eigenvalue weighted by Gasteiger charge is 2.37. The molecule has 0 bridgehead atoms. The van der Waals surface area contributed by atoms with Gasteiger partial charge < -0.3 is 5.11 Å². The minimum atomic E-state index is -0.0822. The Morgan fingerprint density at radius 1 is 0.867 bits per heavy atom. The SMILES string of the molecule is Bc1ccc2c(c1)c1ccc(O)cc1n2-c1nccc2c1-c1ccccc1C2(C)C. The van der Waals surface area contributed by atoms with Crippen LogP contribution in [0.25, 0.3) is 38.8 Å². The van der Waals surface area contributed by atoms with Crippen molar-refractivity contribution in [2.24, 2.45) is 0 Å². The number of rotatable bonds is 1. The lowest BCUT2D eigenvalue weighted by Gasteiger charge is -2.21. The van der Waals surface area contributed by atoms with Crippen molar-refractivity contribution in [3.8, 4) is 22.7 Å². The largest absolute Gasteiger partial charge is 0.508 e. The number of fused-ring (bicyclic) bond motifs is 6. The normalized spacial score (nSPS) is 14.2. The van der Waals surface area contributed by atoms with Crippen LogP contribution in [0.5, 0.6) is 5.75 Å². The molecular formula is C26H21BN2O. The maximum absolute atomic E-state index is 10.3. The number of hydrogen-bond acceptors (Lipinski definition) is 2. The molecule has 30 heavy (non-hydrogen) atoms. The lowest BCUT2D eigenvalue weighted by Crippen LogP contribution is -2.15. The van der Waals surface area contributed by atoms with E-state index in [-0.39, 0.29) is 11.2 Å². The van der Waals surface area contributed by atoms with Crippen LogP contribution < -0.4 is 5.46 Å². The summed E-state index contributed by atoms with van der Waals surface area (Å²) in [6, 6.07) is 22.9. The van der Waals surface area contributed by atoms with Crippen LogP contribution in [0.4, 0.5) is 0 Å². The summed E-state index contributed by atoms with van der Waals surface area (Å²) in [5.74, 6) is 1.18. The van der Waals surface area contributed by atoms with Gasteiger partial charge in [0.25, 0.3) is 0 Å². The molecule has 2 heterocycles. The minimum Gasteiger partial charge on any atom is -0.508 e. The molecule has 0 amide bonds. The Balaban J connectivity index is 1.80. The van der Waals surface area contributed by atoms with E-state index in [1.165, 1.54) is 33.1 Å². The first-order valence-corrected chi connectivity index (χ1v) is 10.3. The monoisotopic (exact) mass is 388 g/mol. The molecule has 2 aromatic heterocycles. The smallest absolute Gasteiger partial charge is 0.145 e. The quantitative estimate of drug-likeness (QED) is 0.431. The Hall–Kier alpha value is -3.53. The fourth-order valence-electron chi connectivity index (χ4n) is 5.15. The second-order valence-corrected chi connectivity index (χ2v) is 8.79. The molecule has 5 aromatic rings. The second-order valence-electron chi connectivity index (χ2n) is 8.79. The summed E-state index contributed by atoms with van der Waals surface area (Å²) in [5, 5.41) is 12.6. The Morgan fingerprint density at radius 2 is 1.70 bits per heavy atom. The molecule has 0 radical (unpaired) electrons. The van der Waals surface area contributed by atoms with Gasteiger partial charge in [-0.2, -0.15) is 0 Å². The third-order valence-electron chi connectivity index (χ3n) is 6.59. The molecule has 1 aliphatic rings. The highest BCUT2D eigenvalue weighted by atomic mass is 16.3. The van der Waals surface area contributed by atoms with E-state index in [0.717, 1.165) is 22.2 Å². The minimum absolute atomic E-state index is 0.0822. The van der Waals surface area contributed by atoms with E-state index in [1.54, 1.807) is 6.07 Å². The molecule has 0 fully saturated rings. The Bertz CT molecular complexity index is 1500. The molecule has 0 aliphatic heterocycles. The van der Waals surface area contributed by atoms with Gasteiger partial charge in [-0.15, -0.1) is 0 Å². The fourth-order valence-corrected chi connectivity index (χ4v) is 5.15. The summed E-state index contributed by atoms with van der Waals surface area (Å²) in [6.07, 6.45) is 1.91. The molecule has 0 saturated carbocycles. The van der Waals surface area contributed by atoms with Crippen molar-refractivity contribution in [2.75, 3.05) is 0 Å². The van der Waals surface area contributed by atoms with Gasteiger partial charge in [-0.1, -0.05) is 55.7 Å². The summed E-state index contributed by atoms with van der Waals surface area (Å²) in [7, 11) is 2.11. The number of aromatic nitrogens is 2. The molecular weight excluding hydrogens is 367 g/mol. The first-order chi connectivity index (χ1) is 14.5. The van der Waals surface area contributed by atoms with Gasteiger partial charge in [-0.25, -0.2) is 4.98 Å². The van der Waals surface area contributed by atoms with Crippen molar-refractivity contribution in [2.45, 2.75) is 19.3 Å². The molecule has 0 atom stereocenters. The van der Waals surface area contributed by atoms with E-state index < -0.39 is 0 Å². The van der Waals surface area contributed by atoms with E-state index in [1.807, 2.05) is 18.3 Å². The van der Waals surface area contributed by atoms with Crippen LogP contribution in [-0.4, -0.2) is 22.5 Å². The topological polar surface area (TPSA) is 38.0 Å². The van der Waals surface area contributed by atoms with Crippen molar-refractivity contribution < 1.29 is 5.11 Å². The number of hydrogen-bond donors (Lipinski definition) is 1. The van der Waals surface area contributed by atoms with E-state index in [0.29, 0.717) is 0 Å². The van der Waals surface area contributed by atoms with Crippen LogP contribution >= 0.6 is 0 Å². The van der Waals surface area contributed by atoms with Crippen LogP contribution in [0.15, 0.2) is 72.9 Å². The Kier molecular flexibility index (Phi) is 3.33. The van der Waals surface area contributed by atoms with E-state index in [2.05, 4.69) is 74.8 Å². The Labute approximate surface area is 176 Å². The number of phenols is 1. The molecule has 0 spiro atoms. The van der Waals surface area contributed by atoms with Gasteiger partial charge in [0.1, 0.15) is 19.4 Å². The fraction of sp³-hybridized carbons (Fsp3) is 0.115. The summed E-state index contributed by atoms with van der Waals surface area (Å²) >= 11 is 0. The standard InChI is InChI=1S/C26H21BN2O/c1-26(2)20-6-4-3-5-18(20)24-21(26)11-12-28-25(24)29-22-10-7-15(27)13-19(22)17-9-8-16(30)14-23(17)29/h3-14,30H,27H2,1-2H3. The molecule has 144 valence electrons. The highest BCUT2D eigenvalue weighted by molar-refractivity contribution is 6.34. The number of aromatic hydroxyl groups is 1. The summed E-state index contributed by atoms with van der Waals surface area (Å²) < 4.78 is 2.21. The predicted molar refractivity (Wildman–Crippen MR) is 126 cm³/mol. The van der Waals surface area contributed by atoms with Crippen LogP contribution in [0.3, 0.4) is 0 Å². The van der Waals surface area contributed by atoms with E-state index in [4.69, 9.17) is 4.98 Å². The van der Waals surface area contributed by atoms with Gasteiger partial charge in [-0.05, 0) is 41.0 Å². The lowest BCUT2D eigenvalue weighted by atomic mass is 9.83. The summed E-state index contributed by atoms with van der Waals surface area (Å²) in [6.45, 7) is 4.56. The average molecular weight is 388 g/mol. The molecule has 0 unspecified atom stereocenters. The maximum atomic E-state index is 10.3. The van der Waals surface area contributed by atoms with Crippen molar-refractivity contribution in [3.05, 3.63) is 84.1 Å². The number of pyridine rings is 1. The molecule has 6 rings (SSSR count). The molecule has 1 N–H and O–H groups in total. The molecule has 3 aromatic carbocycles. The lowest BCUT2D eigenvalue weighted by molar-refractivity contribution is 0.476. The van der Waals surface area contributed by atoms with Crippen molar-refractivity contribution in [1.29, 1.82) is 0 Å². The van der Waals surface area contributed by atoms with Gasteiger partial charge in [0.2, 0.25) is 0 Å². The van der Waals surface area contributed by atoms with Crippen LogP contribution in [0, 0.1) is 0 Å². The van der Waals surface area contributed by atoms with Crippen LogP contribution in [-0.2, 0) is 5.41 Å². The van der Waals surface area contributed by atoms with Crippen molar-refractivity contribution in [1.82, 2.24) is 9.55 Å². The van der Waals surface area contributed by atoms with Crippen molar-refractivity contribution >= 4 is 35.1 Å². The zero-order chi connectivity index (χ0) is 20.6. The third kappa shape index (κ3) is 2.14. The Morgan fingerprint density at radius 3 is 2.57 bits per heavy atom. The van der Waals surface area contributed by atoms with E-state index >= 15 is 0 Å². The van der Waals surface area contributed by atoms with Gasteiger partial charge in [-0.3, -0.25) is 4.57 Å². The van der Waals surface area contributed by atoms with Gasteiger partial charge in [0, 0.05) is 34.0 Å². The number of phenolic OH excluding ortho intramolecular Hbond substituents is 1. The number of nitrogens with zero attached hydrogens (tertiary/aromatic N) is 2. The molecule has 4 heteroatoms. The zero-order valence-corrected chi connectivity index (χ0v) is 17.3. The average Bonchev–Trinajstić information content (AvgIpc) is 3.17. The molecule has 0 saturated heterocycles. The van der Waals surface area contributed by atoms with Crippen LogP contribution in [0.2, 0.25) is 0 Å². The van der Waals surface area contributed by atoms with Crippen LogP contribution in [0.1, 0.15) is 25.0 Å². The third-order valence-corrected chi connectivity index (χ3v) is 6.59. The summed E-state index contributed by atoms with van der Waals surface area (Å²) in [5.41, 5.74) is 8.24. The van der Waals surface area contributed by atoms with Gasteiger partial charge in [0.15, 0.2) is 0 Å². The number of benzene rings is 3. The summed E-state index contributed by atoms with van der Waals surface area (Å²) in [4.78, 5) is 4.89.